The molecule has 1 atom stereocenters. The van der Waals surface area contributed by atoms with Crippen LogP contribution in [-0.2, 0) is 11.2 Å². The zero-order valence-electron chi connectivity index (χ0n) is 16.3. The normalized spacial score (nSPS) is 15.9. The van der Waals surface area contributed by atoms with Crippen molar-refractivity contribution in [3.63, 3.8) is 0 Å². The van der Waals surface area contributed by atoms with Gasteiger partial charge in [-0.05, 0) is 56.0 Å². The third kappa shape index (κ3) is 3.85. The van der Waals surface area contributed by atoms with Crippen molar-refractivity contribution < 1.29 is 4.79 Å². The van der Waals surface area contributed by atoms with E-state index in [2.05, 4.69) is 53.7 Å². The number of hydrogen-bond acceptors (Lipinski definition) is 3. The number of rotatable bonds is 5. The number of benzene rings is 2. The average Bonchev–Trinajstić information content (AvgIpc) is 3.01. The van der Waals surface area contributed by atoms with E-state index in [1.807, 2.05) is 41.6 Å². The molecule has 2 aromatic carbocycles. The van der Waals surface area contributed by atoms with Crippen molar-refractivity contribution in [3.8, 4) is 5.69 Å². The standard InChI is InChI=1S/C23H25N3OS/c1-16-19(17(2)26(25-16)18-8-4-3-5-9-18)12-13-23(27)24-21-14-15-28-22-11-7-6-10-20(21)22/h3-11,21H,12-15H2,1-2H3,(H,24,27). The number of amides is 1. The van der Waals surface area contributed by atoms with Crippen LogP contribution in [0.25, 0.3) is 5.69 Å². The Morgan fingerprint density at radius 3 is 2.71 bits per heavy atom. The SMILES string of the molecule is Cc1nn(-c2ccccc2)c(C)c1CCC(=O)NC1CCSc2ccccc21. The van der Waals surface area contributed by atoms with Crippen molar-refractivity contribution in [2.75, 3.05) is 5.75 Å². The van der Waals surface area contributed by atoms with Crippen LogP contribution in [0.1, 0.15) is 41.4 Å². The molecule has 1 aromatic heterocycles. The van der Waals surface area contributed by atoms with Crippen LogP contribution in [-0.4, -0.2) is 21.4 Å². The Hall–Kier alpha value is -2.53. The van der Waals surface area contributed by atoms with Crippen molar-refractivity contribution in [3.05, 3.63) is 77.1 Å². The fourth-order valence-corrected chi connectivity index (χ4v) is 4.98. The summed E-state index contributed by atoms with van der Waals surface area (Å²) < 4.78 is 1.97. The smallest absolute Gasteiger partial charge is 0.220 e. The number of nitrogens with zero attached hydrogens (tertiary/aromatic N) is 2. The predicted molar refractivity (Wildman–Crippen MR) is 114 cm³/mol. The van der Waals surface area contributed by atoms with Gasteiger partial charge in [0.05, 0.1) is 17.4 Å². The lowest BCUT2D eigenvalue weighted by molar-refractivity contribution is -0.121. The third-order valence-corrected chi connectivity index (χ3v) is 6.46. The van der Waals surface area contributed by atoms with Crippen LogP contribution >= 0.6 is 11.8 Å². The van der Waals surface area contributed by atoms with E-state index in [0.717, 1.165) is 29.2 Å². The number of carbonyl (C=O) groups is 1. The lowest BCUT2D eigenvalue weighted by atomic mass is 10.0. The molecular formula is C23H25N3OS. The molecule has 0 saturated carbocycles. The molecule has 1 N–H and O–H groups in total. The van der Waals surface area contributed by atoms with Gasteiger partial charge in [-0.2, -0.15) is 5.10 Å². The summed E-state index contributed by atoms with van der Waals surface area (Å²) in [7, 11) is 0. The predicted octanol–water partition coefficient (Wildman–Crippen LogP) is 4.78. The fraction of sp³-hybridized carbons (Fsp3) is 0.304. The molecule has 0 aliphatic carbocycles. The molecule has 28 heavy (non-hydrogen) atoms. The summed E-state index contributed by atoms with van der Waals surface area (Å²) in [6.45, 7) is 4.10. The highest BCUT2D eigenvalue weighted by Crippen LogP contribution is 2.35. The molecule has 0 saturated heterocycles. The molecule has 1 aliphatic rings. The molecule has 5 heteroatoms. The Morgan fingerprint density at radius 2 is 1.89 bits per heavy atom. The van der Waals surface area contributed by atoms with E-state index >= 15 is 0 Å². The molecule has 3 aromatic rings. The molecule has 1 aliphatic heterocycles. The van der Waals surface area contributed by atoms with Crippen LogP contribution in [0.5, 0.6) is 0 Å². The topological polar surface area (TPSA) is 46.9 Å². The quantitative estimate of drug-likeness (QED) is 0.681. The highest BCUT2D eigenvalue weighted by atomic mass is 32.2. The van der Waals surface area contributed by atoms with Gasteiger partial charge in [0.1, 0.15) is 0 Å². The third-order valence-electron chi connectivity index (χ3n) is 5.34. The number of thioether (sulfide) groups is 1. The van der Waals surface area contributed by atoms with Gasteiger partial charge in [0.15, 0.2) is 0 Å². The maximum atomic E-state index is 12.6. The monoisotopic (exact) mass is 391 g/mol. The van der Waals surface area contributed by atoms with E-state index in [1.165, 1.54) is 16.0 Å². The molecule has 0 spiro atoms. The van der Waals surface area contributed by atoms with Gasteiger partial charge < -0.3 is 5.32 Å². The minimum Gasteiger partial charge on any atom is -0.349 e. The molecule has 0 bridgehead atoms. The number of aromatic nitrogens is 2. The van der Waals surface area contributed by atoms with Gasteiger partial charge in [0, 0.05) is 22.8 Å². The summed E-state index contributed by atoms with van der Waals surface area (Å²) in [6, 6.07) is 18.6. The van der Waals surface area contributed by atoms with Gasteiger partial charge in [-0.1, -0.05) is 36.4 Å². The lowest BCUT2D eigenvalue weighted by Gasteiger charge is -2.25. The zero-order valence-corrected chi connectivity index (χ0v) is 17.1. The second kappa shape index (κ2) is 8.23. The Bertz CT molecular complexity index is 981. The maximum Gasteiger partial charge on any atom is 0.220 e. The average molecular weight is 392 g/mol. The summed E-state index contributed by atoms with van der Waals surface area (Å²) >= 11 is 1.87. The Kier molecular flexibility index (Phi) is 5.53. The maximum absolute atomic E-state index is 12.6. The van der Waals surface area contributed by atoms with Gasteiger partial charge in [-0.3, -0.25) is 4.79 Å². The summed E-state index contributed by atoms with van der Waals surface area (Å²) in [5.74, 6) is 1.15. The lowest BCUT2D eigenvalue weighted by Crippen LogP contribution is -2.30. The van der Waals surface area contributed by atoms with E-state index in [9.17, 15) is 4.79 Å². The number of hydrogen-bond donors (Lipinski definition) is 1. The first-order valence-electron chi connectivity index (χ1n) is 9.75. The number of fused-ring (bicyclic) bond motifs is 1. The van der Waals surface area contributed by atoms with Gasteiger partial charge in [-0.15, -0.1) is 11.8 Å². The molecule has 0 radical (unpaired) electrons. The summed E-state index contributed by atoms with van der Waals surface area (Å²) in [5.41, 5.74) is 5.56. The van der Waals surface area contributed by atoms with E-state index in [1.54, 1.807) is 0 Å². The van der Waals surface area contributed by atoms with Crippen molar-refractivity contribution >= 4 is 17.7 Å². The number of aryl methyl sites for hydroxylation is 1. The van der Waals surface area contributed by atoms with E-state index in [4.69, 9.17) is 0 Å². The van der Waals surface area contributed by atoms with E-state index in [0.29, 0.717) is 12.8 Å². The second-order valence-electron chi connectivity index (χ2n) is 7.19. The van der Waals surface area contributed by atoms with Gasteiger partial charge in [0.2, 0.25) is 5.91 Å². The van der Waals surface area contributed by atoms with E-state index < -0.39 is 0 Å². The van der Waals surface area contributed by atoms with Crippen LogP contribution < -0.4 is 5.32 Å². The molecule has 4 nitrogen and oxygen atoms in total. The fourth-order valence-electron chi connectivity index (χ4n) is 3.85. The van der Waals surface area contributed by atoms with Gasteiger partial charge in [0.25, 0.3) is 0 Å². The van der Waals surface area contributed by atoms with E-state index in [-0.39, 0.29) is 11.9 Å². The first-order chi connectivity index (χ1) is 13.6. The number of para-hydroxylation sites is 1. The van der Waals surface area contributed by atoms with Gasteiger partial charge >= 0.3 is 0 Å². The highest BCUT2D eigenvalue weighted by molar-refractivity contribution is 7.99. The minimum atomic E-state index is 0.109. The molecule has 1 unspecified atom stereocenters. The summed E-state index contributed by atoms with van der Waals surface area (Å²) in [4.78, 5) is 13.9. The number of nitrogens with one attached hydrogen (secondary N) is 1. The number of carbonyl (C=O) groups excluding carboxylic acids is 1. The Labute approximate surface area is 170 Å². The van der Waals surface area contributed by atoms with Crippen LogP contribution in [0, 0.1) is 13.8 Å². The summed E-state index contributed by atoms with van der Waals surface area (Å²) in [6.07, 6.45) is 2.17. The van der Waals surface area contributed by atoms with Crippen LogP contribution in [0.15, 0.2) is 59.5 Å². The van der Waals surface area contributed by atoms with Crippen LogP contribution in [0.4, 0.5) is 0 Å². The molecule has 0 fully saturated rings. The van der Waals surface area contributed by atoms with Gasteiger partial charge in [-0.25, -0.2) is 4.68 Å². The van der Waals surface area contributed by atoms with Crippen molar-refractivity contribution in [2.24, 2.45) is 0 Å². The first kappa shape index (κ1) is 18.8. The summed E-state index contributed by atoms with van der Waals surface area (Å²) in [5, 5.41) is 7.93. The first-order valence-corrected chi connectivity index (χ1v) is 10.7. The molecule has 1 amide bonds. The molecule has 2 heterocycles. The van der Waals surface area contributed by atoms with Crippen molar-refractivity contribution in [1.29, 1.82) is 0 Å². The largest absolute Gasteiger partial charge is 0.349 e. The highest BCUT2D eigenvalue weighted by Gasteiger charge is 2.22. The van der Waals surface area contributed by atoms with Crippen LogP contribution in [0.2, 0.25) is 0 Å². The van der Waals surface area contributed by atoms with Crippen molar-refractivity contribution in [1.82, 2.24) is 15.1 Å². The Morgan fingerprint density at radius 1 is 1.14 bits per heavy atom. The molecule has 4 rings (SSSR count). The van der Waals surface area contributed by atoms with Crippen molar-refractivity contribution in [2.45, 2.75) is 44.0 Å². The zero-order chi connectivity index (χ0) is 19.5. The minimum absolute atomic E-state index is 0.109. The Balaban J connectivity index is 1.43. The second-order valence-corrected chi connectivity index (χ2v) is 8.33. The molecular weight excluding hydrogens is 366 g/mol. The molecule has 144 valence electrons. The van der Waals surface area contributed by atoms with Crippen LogP contribution in [0.3, 0.4) is 0 Å².